The Labute approximate surface area is 125 Å². The Balaban J connectivity index is 1.73. The summed E-state index contributed by atoms with van der Waals surface area (Å²) in [6.45, 7) is 2.94. The van der Waals surface area contributed by atoms with Crippen LogP contribution in [0.2, 0.25) is 5.02 Å². The van der Waals surface area contributed by atoms with Gasteiger partial charge in [0.1, 0.15) is 0 Å². The lowest BCUT2D eigenvalue weighted by Crippen LogP contribution is -2.45. The zero-order valence-electron chi connectivity index (χ0n) is 11.9. The van der Waals surface area contributed by atoms with Crippen molar-refractivity contribution in [3.63, 3.8) is 0 Å². The van der Waals surface area contributed by atoms with Gasteiger partial charge >= 0.3 is 0 Å². The van der Waals surface area contributed by atoms with E-state index in [4.69, 9.17) is 11.6 Å². The van der Waals surface area contributed by atoms with Crippen LogP contribution in [0.5, 0.6) is 0 Å². The summed E-state index contributed by atoms with van der Waals surface area (Å²) >= 11 is 5.81. The summed E-state index contributed by atoms with van der Waals surface area (Å²) < 4.78 is 0. The Morgan fingerprint density at radius 3 is 2.85 bits per heavy atom. The van der Waals surface area contributed by atoms with Crippen LogP contribution < -0.4 is 10.6 Å². The number of nitrogens with one attached hydrogen (secondary N) is 2. The number of hydrogen-bond donors (Lipinski definition) is 2. The van der Waals surface area contributed by atoms with Crippen molar-refractivity contribution in [1.82, 2.24) is 10.2 Å². The fourth-order valence-electron chi connectivity index (χ4n) is 2.51. The molecule has 1 saturated heterocycles. The lowest BCUT2D eigenvalue weighted by Gasteiger charge is -2.32. The summed E-state index contributed by atoms with van der Waals surface area (Å²) in [5.74, 6) is 0.0545. The molecule has 1 amide bonds. The van der Waals surface area contributed by atoms with Crippen LogP contribution in [0.4, 0.5) is 5.69 Å². The highest BCUT2D eigenvalue weighted by Gasteiger charge is 2.18. The highest BCUT2D eigenvalue weighted by molar-refractivity contribution is 6.30. The molecule has 1 aromatic carbocycles. The average Bonchev–Trinajstić information content (AvgIpc) is 2.48. The SMILES string of the molecule is CNC1CCCN(CCC(=O)Nc2ccc(Cl)cc2)C1. The van der Waals surface area contributed by atoms with Crippen molar-refractivity contribution in [2.24, 2.45) is 0 Å². The largest absolute Gasteiger partial charge is 0.326 e. The first kappa shape index (κ1) is 15.3. The van der Waals surface area contributed by atoms with Gasteiger partial charge in [-0.15, -0.1) is 0 Å². The third-order valence-corrected chi connectivity index (χ3v) is 3.95. The van der Waals surface area contributed by atoms with Gasteiger partial charge < -0.3 is 15.5 Å². The van der Waals surface area contributed by atoms with Crippen LogP contribution in [0.15, 0.2) is 24.3 Å². The molecule has 1 aromatic rings. The summed E-state index contributed by atoms with van der Waals surface area (Å²) in [5, 5.41) is 6.88. The second kappa shape index (κ2) is 7.62. The maximum Gasteiger partial charge on any atom is 0.225 e. The molecule has 0 bridgehead atoms. The number of halogens is 1. The maximum atomic E-state index is 11.9. The first-order valence-corrected chi connectivity index (χ1v) is 7.50. The molecule has 1 atom stereocenters. The number of anilines is 1. The number of likely N-dealkylation sites (N-methyl/N-ethyl adjacent to an activating group) is 1. The van der Waals surface area contributed by atoms with E-state index in [0.29, 0.717) is 17.5 Å². The van der Waals surface area contributed by atoms with Gasteiger partial charge in [-0.1, -0.05) is 11.6 Å². The van der Waals surface area contributed by atoms with E-state index in [1.807, 2.05) is 19.2 Å². The monoisotopic (exact) mass is 295 g/mol. The normalized spacial score (nSPS) is 19.8. The lowest BCUT2D eigenvalue weighted by molar-refractivity contribution is -0.116. The minimum absolute atomic E-state index is 0.0545. The van der Waals surface area contributed by atoms with E-state index in [9.17, 15) is 4.79 Å². The van der Waals surface area contributed by atoms with Crippen LogP contribution in [0.1, 0.15) is 19.3 Å². The molecule has 1 heterocycles. The number of nitrogens with zero attached hydrogens (tertiary/aromatic N) is 1. The number of carbonyl (C=O) groups excluding carboxylic acids is 1. The van der Waals surface area contributed by atoms with E-state index < -0.39 is 0 Å². The van der Waals surface area contributed by atoms with Gasteiger partial charge in [0.05, 0.1) is 0 Å². The number of rotatable bonds is 5. The Hall–Kier alpha value is -1.10. The summed E-state index contributed by atoms with van der Waals surface area (Å²) in [7, 11) is 2.00. The molecule has 1 aliphatic heterocycles. The summed E-state index contributed by atoms with van der Waals surface area (Å²) in [6, 6.07) is 7.75. The molecule has 2 rings (SSSR count). The van der Waals surface area contributed by atoms with Crippen LogP contribution in [0.3, 0.4) is 0 Å². The van der Waals surface area contributed by atoms with E-state index in [-0.39, 0.29) is 5.91 Å². The maximum absolute atomic E-state index is 11.9. The van der Waals surface area contributed by atoms with Crippen molar-refractivity contribution in [1.29, 1.82) is 0 Å². The standard InChI is InChI=1S/C15H22ClN3O/c1-17-14-3-2-9-19(11-14)10-8-15(20)18-13-6-4-12(16)5-7-13/h4-7,14,17H,2-3,8-11H2,1H3,(H,18,20). The molecular weight excluding hydrogens is 274 g/mol. The Kier molecular flexibility index (Phi) is 5.83. The summed E-state index contributed by atoms with van der Waals surface area (Å²) in [4.78, 5) is 14.3. The predicted octanol–water partition coefficient (Wildman–Crippen LogP) is 2.35. The van der Waals surface area contributed by atoms with Gasteiger partial charge in [0.25, 0.3) is 0 Å². The molecule has 4 nitrogen and oxygen atoms in total. The van der Waals surface area contributed by atoms with Crippen molar-refractivity contribution in [2.45, 2.75) is 25.3 Å². The molecule has 1 unspecified atom stereocenters. The zero-order valence-corrected chi connectivity index (χ0v) is 12.6. The van der Waals surface area contributed by atoms with Crippen LogP contribution in [-0.2, 0) is 4.79 Å². The molecule has 0 aliphatic carbocycles. The fourth-order valence-corrected chi connectivity index (χ4v) is 2.64. The van der Waals surface area contributed by atoms with E-state index >= 15 is 0 Å². The lowest BCUT2D eigenvalue weighted by atomic mass is 10.1. The van der Waals surface area contributed by atoms with Gasteiger partial charge in [-0.25, -0.2) is 0 Å². The molecular formula is C15H22ClN3O. The first-order valence-electron chi connectivity index (χ1n) is 7.12. The smallest absolute Gasteiger partial charge is 0.225 e. The Morgan fingerprint density at radius 2 is 2.15 bits per heavy atom. The molecule has 0 radical (unpaired) electrons. The van der Waals surface area contributed by atoms with Crippen molar-refractivity contribution >= 4 is 23.2 Å². The van der Waals surface area contributed by atoms with E-state index in [0.717, 1.165) is 25.3 Å². The number of amides is 1. The molecule has 0 saturated carbocycles. The molecule has 1 fully saturated rings. The van der Waals surface area contributed by atoms with E-state index in [2.05, 4.69) is 15.5 Å². The molecule has 20 heavy (non-hydrogen) atoms. The fraction of sp³-hybridized carbons (Fsp3) is 0.533. The van der Waals surface area contributed by atoms with Crippen LogP contribution >= 0.6 is 11.6 Å². The molecule has 0 spiro atoms. The van der Waals surface area contributed by atoms with Gasteiger partial charge in [0, 0.05) is 36.3 Å². The van der Waals surface area contributed by atoms with Gasteiger partial charge in [0.2, 0.25) is 5.91 Å². The Bertz CT molecular complexity index is 435. The zero-order chi connectivity index (χ0) is 14.4. The number of piperidine rings is 1. The summed E-state index contributed by atoms with van der Waals surface area (Å²) in [6.07, 6.45) is 2.95. The Morgan fingerprint density at radius 1 is 1.40 bits per heavy atom. The van der Waals surface area contributed by atoms with Crippen LogP contribution in [-0.4, -0.2) is 43.5 Å². The second-order valence-corrected chi connectivity index (χ2v) is 5.67. The predicted molar refractivity (Wildman–Crippen MR) is 83.2 cm³/mol. The topological polar surface area (TPSA) is 44.4 Å². The van der Waals surface area contributed by atoms with Gasteiger partial charge in [0.15, 0.2) is 0 Å². The molecule has 1 aliphatic rings. The molecule has 0 aromatic heterocycles. The van der Waals surface area contributed by atoms with E-state index in [1.54, 1.807) is 12.1 Å². The molecule has 5 heteroatoms. The van der Waals surface area contributed by atoms with Crippen molar-refractivity contribution < 1.29 is 4.79 Å². The number of hydrogen-bond acceptors (Lipinski definition) is 3. The minimum atomic E-state index is 0.0545. The van der Waals surface area contributed by atoms with Crippen LogP contribution in [0.25, 0.3) is 0 Å². The third kappa shape index (κ3) is 4.78. The van der Waals surface area contributed by atoms with Crippen molar-refractivity contribution in [3.05, 3.63) is 29.3 Å². The molecule has 110 valence electrons. The second-order valence-electron chi connectivity index (χ2n) is 5.23. The van der Waals surface area contributed by atoms with Gasteiger partial charge in [-0.05, 0) is 50.7 Å². The van der Waals surface area contributed by atoms with Crippen molar-refractivity contribution in [3.8, 4) is 0 Å². The summed E-state index contributed by atoms with van der Waals surface area (Å²) in [5.41, 5.74) is 0.797. The van der Waals surface area contributed by atoms with Gasteiger partial charge in [-0.3, -0.25) is 4.79 Å². The number of carbonyl (C=O) groups is 1. The third-order valence-electron chi connectivity index (χ3n) is 3.70. The quantitative estimate of drug-likeness (QED) is 0.876. The molecule has 2 N–H and O–H groups in total. The highest BCUT2D eigenvalue weighted by atomic mass is 35.5. The van der Waals surface area contributed by atoms with Crippen LogP contribution in [0, 0.1) is 0 Å². The average molecular weight is 296 g/mol. The van der Waals surface area contributed by atoms with E-state index in [1.165, 1.54) is 12.8 Å². The van der Waals surface area contributed by atoms with Gasteiger partial charge in [-0.2, -0.15) is 0 Å². The highest BCUT2D eigenvalue weighted by Crippen LogP contribution is 2.14. The van der Waals surface area contributed by atoms with Crippen molar-refractivity contribution in [2.75, 3.05) is 32.0 Å². The number of likely N-dealkylation sites (tertiary alicyclic amines) is 1. The number of benzene rings is 1. The first-order chi connectivity index (χ1) is 9.67. The minimum Gasteiger partial charge on any atom is -0.326 e.